The summed E-state index contributed by atoms with van der Waals surface area (Å²) in [6.07, 6.45) is 1.63. The van der Waals surface area contributed by atoms with Gasteiger partial charge in [-0.3, -0.25) is 4.79 Å². The lowest BCUT2D eigenvalue weighted by Crippen LogP contribution is -2.28. The number of rotatable bonds is 7. The first-order valence-corrected chi connectivity index (χ1v) is 10.6. The summed E-state index contributed by atoms with van der Waals surface area (Å²) in [6, 6.07) is 15.3. The molecule has 2 aromatic carbocycles. The van der Waals surface area contributed by atoms with Crippen molar-refractivity contribution in [1.82, 2.24) is 20.3 Å². The van der Waals surface area contributed by atoms with Crippen molar-refractivity contribution in [3.05, 3.63) is 76.8 Å². The number of nitrogens with one attached hydrogen (secondary N) is 2. The molecule has 2 N–H and O–H groups in total. The summed E-state index contributed by atoms with van der Waals surface area (Å²) in [6.45, 7) is 0.739. The third-order valence-corrected chi connectivity index (χ3v) is 5.33. The van der Waals surface area contributed by atoms with Gasteiger partial charge < -0.3 is 15.4 Å². The number of carbonyl (C=O) groups is 1. The highest BCUT2D eigenvalue weighted by molar-refractivity contribution is 9.10. The first-order chi connectivity index (χ1) is 15.5. The molecule has 1 amide bonds. The van der Waals surface area contributed by atoms with E-state index in [0.29, 0.717) is 35.4 Å². The van der Waals surface area contributed by atoms with Crippen LogP contribution in [0.25, 0.3) is 22.2 Å². The zero-order valence-electron chi connectivity index (χ0n) is 17.1. The van der Waals surface area contributed by atoms with Crippen molar-refractivity contribution in [2.45, 2.75) is 0 Å². The van der Waals surface area contributed by atoms with E-state index in [1.54, 1.807) is 25.4 Å². The van der Waals surface area contributed by atoms with Crippen LogP contribution in [0.3, 0.4) is 0 Å². The summed E-state index contributed by atoms with van der Waals surface area (Å²) in [5.41, 5.74) is 2.72. The average Bonchev–Trinajstić information content (AvgIpc) is 2.80. The van der Waals surface area contributed by atoms with E-state index >= 15 is 0 Å². The van der Waals surface area contributed by atoms with Gasteiger partial charge in [-0.1, -0.05) is 34.1 Å². The number of benzene rings is 2. The SMILES string of the molecule is COCCNC(=O)c1nc2nc(Nc3ccc(F)cc3)ncc2cc1-c1ccccc1Br. The van der Waals surface area contributed by atoms with E-state index < -0.39 is 0 Å². The first kappa shape index (κ1) is 21.8. The summed E-state index contributed by atoms with van der Waals surface area (Å²) in [4.78, 5) is 26.3. The van der Waals surface area contributed by atoms with Gasteiger partial charge >= 0.3 is 0 Å². The Kier molecular flexibility index (Phi) is 6.67. The molecule has 0 aliphatic heterocycles. The van der Waals surface area contributed by atoms with Gasteiger partial charge in [0.25, 0.3) is 5.91 Å². The number of ether oxygens (including phenoxy) is 1. The molecule has 0 fully saturated rings. The van der Waals surface area contributed by atoms with Crippen LogP contribution >= 0.6 is 15.9 Å². The number of anilines is 2. The summed E-state index contributed by atoms with van der Waals surface area (Å²) in [5, 5.41) is 6.51. The number of methoxy groups -OCH3 is 1. The van der Waals surface area contributed by atoms with Gasteiger partial charge in [-0.25, -0.2) is 14.4 Å². The number of carbonyl (C=O) groups excluding carboxylic acids is 1. The quantitative estimate of drug-likeness (QED) is 0.361. The van der Waals surface area contributed by atoms with Crippen LogP contribution in [0.4, 0.5) is 16.0 Å². The van der Waals surface area contributed by atoms with Crippen LogP contribution in [0.15, 0.2) is 65.3 Å². The largest absolute Gasteiger partial charge is 0.383 e. The predicted octanol–water partition coefficient (Wildman–Crippen LogP) is 4.71. The minimum absolute atomic E-state index is 0.243. The molecule has 0 atom stereocenters. The molecule has 9 heteroatoms. The van der Waals surface area contributed by atoms with Crippen molar-refractivity contribution >= 4 is 44.5 Å². The van der Waals surface area contributed by atoms with E-state index in [1.807, 2.05) is 30.3 Å². The van der Waals surface area contributed by atoms with Crippen LogP contribution in [0.1, 0.15) is 10.5 Å². The predicted molar refractivity (Wildman–Crippen MR) is 124 cm³/mol. The number of amides is 1. The monoisotopic (exact) mass is 495 g/mol. The molecular formula is C23H19BrFN5O2. The molecule has 0 aliphatic carbocycles. The second kappa shape index (κ2) is 9.80. The minimum Gasteiger partial charge on any atom is -0.383 e. The third kappa shape index (κ3) is 4.90. The second-order valence-corrected chi connectivity index (χ2v) is 7.71. The van der Waals surface area contributed by atoms with Crippen LogP contribution in [0.5, 0.6) is 0 Å². The van der Waals surface area contributed by atoms with Gasteiger partial charge in [-0.05, 0) is 42.0 Å². The van der Waals surface area contributed by atoms with Crippen LogP contribution in [-0.4, -0.2) is 41.1 Å². The number of pyridine rings is 1. The van der Waals surface area contributed by atoms with Gasteiger partial charge in [0, 0.05) is 41.0 Å². The van der Waals surface area contributed by atoms with Crippen LogP contribution in [0.2, 0.25) is 0 Å². The summed E-state index contributed by atoms with van der Waals surface area (Å²) in [5.74, 6) is -0.377. The maximum absolute atomic E-state index is 13.2. The highest BCUT2D eigenvalue weighted by Crippen LogP contribution is 2.32. The Morgan fingerprint density at radius 2 is 1.88 bits per heavy atom. The van der Waals surface area contributed by atoms with Crippen LogP contribution in [0, 0.1) is 5.82 Å². The number of halogens is 2. The first-order valence-electron chi connectivity index (χ1n) is 9.77. The Hall–Kier alpha value is -3.43. The van der Waals surface area contributed by atoms with E-state index in [4.69, 9.17) is 4.74 Å². The summed E-state index contributed by atoms with van der Waals surface area (Å²) >= 11 is 3.55. The lowest BCUT2D eigenvalue weighted by Gasteiger charge is -2.13. The molecule has 0 spiro atoms. The molecule has 162 valence electrons. The van der Waals surface area contributed by atoms with Gasteiger partial charge in [0.05, 0.1) is 6.61 Å². The molecule has 4 rings (SSSR count). The van der Waals surface area contributed by atoms with Crippen molar-refractivity contribution < 1.29 is 13.9 Å². The standard InChI is InChI=1S/C23H19BrFN5O2/c1-32-11-10-26-22(31)20-18(17-4-2-3-5-19(17)24)12-14-13-27-23(30-21(14)29-20)28-16-8-6-15(25)7-9-16/h2-9,12-13H,10-11H2,1H3,(H,26,31)(H,27,28,29,30). The Morgan fingerprint density at radius 1 is 1.09 bits per heavy atom. The Balaban J connectivity index is 1.76. The fourth-order valence-electron chi connectivity index (χ4n) is 3.09. The van der Waals surface area contributed by atoms with Gasteiger partial charge in [0.1, 0.15) is 11.5 Å². The molecule has 0 saturated carbocycles. The van der Waals surface area contributed by atoms with Gasteiger partial charge in [-0.2, -0.15) is 4.98 Å². The fourth-order valence-corrected chi connectivity index (χ4v) is 3.59. The Morgan fingerprint density at radius 3 is 2.62 bits per heavy atom. The zero-order chi connectivity index (χ0) is 22.5. The molecule has 0 aliphatic rings. The second-order valence-electron chi connectivity index (χ2n) is 6.85. The van der Waals surface area contributed by atoms with Crippen molar-refractivity contribution in [1.29, 1.82) is 0 Å². The van der Waals surface area contributed by atoms with E-state index in [2.05, 4.69) is 41.5 Å². The van der Waals surface area contributed by atoms with E-state index in [0.717, 1.165) is 10.0 Å². The van der Waals surface area contributed by atoms with Gasteiger partial charge in [0.15, 0.2) is 5.65 Å². The molecule has 0 saturated heterocycles. The maximum Gasteiger partial charge on any atom is 0.270 e. The number of hydrogen-bond acceptors (Lipinski definition) is 6. The molecule has 0 unspecified atom stereocenters. The highest BCUT2D eigenvalue weighted by atomic mass is 79.9. The number of nitrogens with zero attached hydrogens (tertiary/aromatic N) is 3. The summed E-state index contributed by atoms with van der Waals surface area (Å²) < 4.78 is 19.0. The van der Waals surface area contributed by atoms with Gasteiger partial charge in [-0.15, -0.1) is 0 Å². The third-order valence-electron chi connectivity index (χ3n) is 4.64. The Labute approximate surface area is 192 Å². The lowest BCUT2D eigenvalue weighted by atomic mass is 10.0. The maximum atomic E-state index is 13.2. The van der Waals surface area contributed by atoms with E-state index in [1.165, 1.54) is 12.1 Å². The minimum atomic E-state index is -0.333. The van der Waals surface area contributed by atoms with E-state index in [-0.39, 0.29) is 23.4 Å². The van der Waals surface area contributed by atoms with Crippen molar-refractivity contribution in [3.63, 3.8) is 0 Å². The van der Waals surface area contributed by atoms with Crippen molar-refractivity contribution in [2.24, 2.45) is 0 Å². The molecule has 2 aromatic heterocycles. The van der Waals surface area contributed by atoms with Crippen molar-refractivity contribution in [2.75, 3.05) is 25.6 Å². The van der Waals surface area contributed by atoms with E-state index in [9.17, 15) is 9.18 Å². The number of hydrogen-bond donors (Lipinski definition) is 2. The van der Waals surface area contributed by atoms with Gasteiger partial charge in [0.2, 0.25) is 5.95 Å². The number of fused-ring (bicyclic) bond motifs is 1. The fraction of sp³-hybridized carbons (Fsp3) is 0.130. The smallest absolute Gasteiger partial charge is 0.270 e. The molecule has 7 nitrogen and oxygen atoms in total. The molecule has 4 aromatic rings. The topological polar surface area (TPSA) is 89.0 Å². The molecule has 32 heavy (non-hydrogen) atoms. The molecule has 2 heterocycles. The van der Waals surface area contributed by atoms with Crippen molar-refractivity contribution in [3.8, 4) is 11.1 Å². The zero-order valence-corrected chi connectivity index (χ0v) is 18.7. The molecule has 0 bridgehead atoms. The summed E-state index contributed by atoms with van der Waals surface area (Å²) in [7, 11) is 1.57. The van der Waals surface area contributed by atoms with Crippen LogP contribution < -0.4 is 10.6 Å². The Bertz CT molecular complexity index is 1270. The number of aromatic nitrogens is 3. The normalized spacial score (nSPS) is 10.8. The van der Waals surface area contributed by atoms with Crippen LogP contribution in [-0.2, 0) is 4.74 Å². The lowest BCUT2D eigenvalue weighted by molar-refractivity contribution is 0.0933. The highest BCUT2D eigenvalue weighted by Gasteiger charge is 2.18. The molecule has 0 radical (unpaired) electrons. The average molecular weight is 496 g/mol. The molecular weight excluding hydrogens is 477 g/mol.